The van der Waals surface area contributed by atoms with Gasteiger partial charge in [0.2, 0.25) is 5.91 Å². The highest BCUT2D eigenvalue weighted by Gasteiger charge is 2.36. The van der Waals surface area contributed by atoms with Crippen molar-refractivity contribution < 1.29 is 18.8 Å². The average molecular weight is 466 g/mol. The van der Waals surface area contributed by atoms with E-state index in [4.69, 9.17) is 0 Å². The molecular formula is C27H32FN3O3. The molecule has 4 rings (SSSR count). The first-order chi connectivity index (χ1) is 16.4. The first kappa shape index (κ1) is 23.9. The van der Waals surface area contributed by atoms with Crippen LogP contribution in [0.25, 0.3) is 0 Å². The van der Waals surface area contributed by atoms with Crippen LogP contribution < -0.4 is 5.32 Å². The first-order valence-electron chi connectivity index (χ1n) is 12.1. The molecule has 2 aromatic rings. The van der Waals surface area contributed by atoms with Crippen LogP contribution in [-0.2, 0) is 4.79 Å². The SMILES string of the molecule is Cc1ccccc1C(=O)N[C@H](C(=O)N1CCCCC1)C1CCN(C(=O)c2cccc(F)c2)CC1. The number of piperidine rings is 2. The van der Waals surface area contributed by atoms with Gasteiger partial charge in [-0.15, -0.1) is 0 Å². The van der Waals surface area contributed by atoms with Crippen LogP contribution in [-0.4, -0.2) is 59.7 Å². The van der Waals surface area contributed by atoms with E-state index >= 15 is 0 Å². The van der Waals surface area contributed by atoms with Gasteiger partial charge in [-0.2, -0.15) is 0 Å². The van der Waals surface area contributed by atoms with Crippen LogP contribution in [0.1, 0.15) is 58.4 Å². The van der Waals surface area contributed by atoms with Gasteiger partial charge in [-0.25, -0.2) is 4.39 Å². The third-order valence-electron chi connectivity index (χ3n) is 6.98. The van der Waals surface area contributed by atoms with Gasteiger partial charge in [-0.05, 0) is 74.8 Å². The fraction of sp³-hybridized carbons (Fsp3) is 0.444. The standard InChI is InChI=1S/C27H32FN3O3/c1-19-8-3-4-11-23(19)25(32)29-24(27(34)30-14-5-2-6-15-30)20-12-16-31(17-13-20)26(33)21-9-7-10-22(28)18-21/h3-4,7-11,18,20,24H,2,5-6,12-17H2,1H3,(H,29,32)/t24-/m0/s1. The maximum absolute atomic E-state index is 13.6. The average Bonchev–Trinajstić information content (AvgIpc) is 2.87. The summed E-state index contributed by atoms with van der Waals surface area (Å²) in [6.45, 7) is 4.24. The van der Waals surface area contributed by atoms with Gasteiger partial charge in [0, 0.05) is 37.3 Å². The van der Waals surface area contributed by atoms with Gasteiger partial charge >= 0.3 is 0 Å². The lowest BCUT2D eigenvalue weighted by Crippen LogP contribution is -2.55. The molecule has 0 spiro atoms. The van der Waals surface area contributed by atoms with Gasteiger partial charge in [0.1, 0.15) is 11.9 Å². The summed E-state index contributed by atoms with van der Waals surface area (Å²) >= 11 is 0. The molecule has 3 amide bonds. The topological polar surface area (TPSA) is 69.7 Å². The first-order valence-corrected chi connectivity index (χ1v) is 12.1. The van der Waals surface area contributed by atoms with E-state index in [0.29, 0.717) is 50.1 Å². The summed E-state index contributed by atoms with van der Waals surface area (Å²) in [6, 6.07) is 12.4. The number of nitrogens with one attached hydrogen (secondary N) is 1. The Morgan fingerprint density at radius 2 is 1.62 bits per heavy atom. The molecule has 0 aromatic heterocycles. The normalized spacial score (nSPS) is 17.8. The number of rotatable bonds is 5. The Morgan fingerprint density at radius 1 is 0.912 bits per heavy atom. The third-order valence-corrected chi connectivity index (χ3v) is 6.98. The number of benzene rings is 2. The smallest absolute Gasteiger partial charge is 0.253 e. The molecule has 2 saturated heterocycles. The highest BCUT2D eigenvalue weighted by molar-refractivity contribution is 5.99. The fourth-order valence-electron chi connectivity index (χ4n) is 4.98. The zero-order valence-corrected chi connectivity index (χ0v) is 19.6. The van der Waals surface area contributed by atoms with Crippen molar-refractivity contribution in [1.82, 2.24) is 15.1 Å². The molecular weight excluding hydrogens is 433 g/mol. The Kier molecular flexibility index (Phi) is 7.60. The molecule has 0 bridgehead atoms. The van der Waals surface area contributed by atoms with E-state index in [2.05, 4.69) is 5.32 Å². The molecule has 0 aliphatic carbocycles. The number of hydrogen-bond acceptors (Lipinski definition) is 3. The van der Waals surface area contributed by atoms with Gasteiger partial charge in [0.15, 0.2) is 0 Å². The predicted molar refractivity (Wildman–Crippen MR) is 128 cm³/mol. The minimum absolute atomic E-state index is 0.0310. The Hall–Kier alpha value is -3.22. The van der Waals surface area contributed by atoms with E-state index in [1.165, 1.54) is 18.2 Å². The molecule has 1 atom stereocenters. The van der Waals surface area contributed by atoms with E-state index in [-0.39, 0.29) is 23.6 Å². The zero-order chi connectivity index (χ0) is 24.1. The highest BCUT2D eigenvalue weighted by atomic mass is 19.1. The van der Waals surface area contributed by atoms with E-state index in [1.807, 2.05) is 30.0 Å². The summed E-state index contributed by atoms with van der Waals surface area (Å²) in [5.74, 6) is -0.991. The molecule has 0 unspecified atom stereocenters. The molecule has 2 heterocycles. The predicted octanol–water partition coefficient (Wildman–Crippen LogP) is 3.80. The quantitative estimate of drug-likeness (QED) is 0.730. The molecule has 7 heteroatoms. The molecule has 2 aliphatic heterocycles. The van der Waals surface area contributed by atoms with Crippen molar-refractivity contribution in [1.29, 1.82) is 0 Å². The van der Waals surface area contributed by atoms with Crippen LogP contribution in [0.4, 0.5) is 4.39 Å². The molecule has 0 radical (unpaired) electrons. The largest absolute Gasteiger partial charge is 0.341 e. The minimum atomic E-state index is -0.628. The molecule has 34 heavy (non-hydrogen) atoms. The van der Waals surface area contributed by atoms with Crippen LogP contribution in [0, 0.1) is 18.7 Å². The Labute approximate surface area is 200 Å². The molecule has 180 valence electrons. The van der Waals surface area contributed by atoms with E-state index in [9.17, 15) is 18.8 Å². The molecule has 2 aliphatic rings. The third kappa shape index (κ3) is 5.46. The van der Waals surface area contributed by atoms with Crippen LogP contribution in [0.5, 0.6) is 0 Å². The van der Waals surface area contributed by atoms with Crippen molar-refractivity contribution >= 4 is 17.7 Å². The van der Waals surface area contributed by atoms with Crippen LogP contribution >= 0.6 is 0 Å². The molecule has 2 fully saturated rings. The number of carbonyl (C=O) groups excluding carboxylic acids is 3. The van der Waals surface area contributed by atoms with Gasteiger partial charge in [0.05, 0.1) is 0 Å². The lowest BCUT2D eigenvalue weighted by atomic mass is 9.87. The van der Waals surface area contributed by atoms with Crippen molar-refractivity contribution in [3.8, 4) is 0 Å². The second-order valence-corrected chi connectivity index (χ2v) is 9.29. The van der Waals surface area contributed by atoms with Crippen molar-refractivity contribution in [2.24, 2.45) is 5.92 Å². The maximum Gasteiger partial charge on any atom is 0.253 e. The number of likely N-dealkylation sites (tertiary alicyclic amines) is 2. The number of nitrogens with zero attached hydrogens (tertiary/aromatic N) is 2. The molecule has 2 aromatic carbocycles. The number of hydrogen-bond donors (Lipinski definition) is 1. The van der Waals surface area contributed by atoms with E-state index in [1.54, 1.807) is 17.0 Å². The van der Waals surface area contributed by atoms with Crippen LogP contribution in [0.15, 0.2) is 48.5 Å². The maximum atomic E-state index is 13.6. The van der Waals surface area contributed by atoms with Crippen molar-refractivity contribution in [2.45, 2.75) is 45.1 Å². The van der Waals surface area contributed by atoms with Crippen molar-refractivity contribution in [2.75, 3.05) is 26.2 Å². The second-order valence-electron chi connectivity index (χ2n) is 9.29. The number of aryl methyl sites for hydroxylation is 1. The summed E-state index contributed by atoms with van der Waals surface area (Å²) in [7, 11) is 0. The highest BCUT2D eigenvalue weighted by Crippen LogP contribution is 2.25. The van der Waals surface area contributed by atoms with Gasteiger partial charge in [-0.1, -0.05) is 24.3 Å². The monoisotopic (exact) mass is 465 g/mol. The van der Waals surface area contributed by atoms with Crippen LogP contribution in [0.2, 0.25) is 0 Å². The van der Waals surface area contributed by atoms with Crippen molar-refractivity contribution in [3.63, 3.8) is 0 Å². The Morgan fingerprint density at radius 3 is 2.29 bits per heavy atom. The van der Waals surface area contributed by atoms with Gasteiger partial charge in [-0.3, -0.25) is 14.4 Å². The molecule has 0 saturated carbocycles. The summed E-state index contributed by atoms with van der Waals surface area (Å²) < 4.78 is 13.6. The van der Waals surface area contributed by atoms with Crippen molar-refractivity contribution in [3.05, 3.63) is 71.0 Å². The summed E-state index contributed by atoms with van der Waals surface area (Å²) in [6.07, 6.45) is 4.26. The van der Waals surface area contributed by atoms with E-state index in [0.717, 1.165) is 24.8 Å². The number of carbonyl (C=O) groups is 3. The Balaban J connectivity index is 1.47. The lowest BCUT2D eigenvalue weighted by Gasteiger charge is -2.38. The summed E-state index contributed by atoms with van der Waals surface area (Å²) in [4.78, 5) is 43.0. The van der Waals surface area contributed by atoms with Gasteiger partial charge in [0.25, 0.3) is 11.8 Å². The van der Waals surface area contributed by atoms with Crippen LogP contribution in [0.3, 0.4) is 0 Å². The summed E-state index contributed by atoms with van der Waals surface area (Å²) in [5.41, 5.74) is 1.75. The Bertz CT molecular complexity index is 1040. The lowest BCUT2D eigenvalue weighted by molar-refractivity contribution is -0.136. The second kappa shape index (κ2) is 10.8. The fourth-order valence-corrected chi connectivity index (χ4v) is 4.98. The minimum Gasteiger partial charge on any atom is -0.341 e. The van der Waals surface area contributed by atoms with Gasteiger partial charge < -0.3 is 15.1 Å². The number of amides is 3. The van der Waals surface area contributed by atoms with E-state index < -0.39 is 11.9 Å². The number of halogens is 1. The zero-order valence-electron chi connectivity index (χ0n) is 19.6. The summed E-state index contributed by atoms with van der Waals surface area (Å²) in [5, 5.41) is 3.04. The molecule has 6 nitrogen and oxygen atoms in total. The molecule has 1 N–H and O–H groups in total.